The highest BCUT2D eigenvalue weighted by Gasteiger charge is 2.52. The second-order valence-electron chi connectivity index (χ2n) is 6.12. The minimum atomic E-state index is -0.638. The second kappa shape index (κ2) is 6.18. The first-order chi connectivity index (χ1) is 9.96. The van der Waals surface area contributed by atoms with Gasteiger partial charge in [-0.15, -0.1) is 0 Å². The van der Waals surface area contributed by atoms with Crippen LogP contribution >= 0.6 is 0 Å². The molecule has 21 heavy (non-hydrogen) atoms. The van der Waals surface area contributed by atoms with E-state index in [9.17, 15) is 4.79 Å². The zero-order chi connectivity index (χ0) is 15.6. The van der Waals surface area contributed by atoms with E-state index in [2.05, 4.69) is 31.2 Å². The number of esters is 1. The van der Waals surface area contributed by atoms with Crippen molar-refractivity contribution >= 4 is 5.97 Å². The van der Waals surface area contributed by atoms with Crippen LogP contribution in [0.3, 0.4) is 0 Å². The zero-order valence-electron chi connectivity index (χ0n) is 13.8. The number of aromatic nitrogens is 2. The molecule has 0 radical (unpaired) electrons. The lowest BCUT2D eigenvalue weighted by Crippen LogP contribution is -2.58. The van der Waals surface area contributed by atoms with Crippen LogP contribution in [0, 0.1) is 26.7 Å². The van der Waals surface area contributed by atoms with Gasteiger partial charge < -0.3 is 10.1 Å². The molecule has 1 aliphatic rings. The molecule has 1 N–H and O–H groups in total. The predicted octanol–water partition coefficient (Wildman–Crippen LogP) is 2.13. The number of hydrogen-bond acceptors (Lipinski definition) is 4. The van der Waals surface area contributed by atoms with E-state index >= 15 is 0 Å². The summed E-state index contributed by atoms with van der Waals surface area (Å²) in [5.74, 6) is 0.185. The second-order valence-corrected chi connectivity index (χ2v) is 6.12. The van der Waals surface area contributed by atoms with Gasteiger partial charge in [-0.25, -0.2) is 4.79 Å². The summed E-state index contributed by atoms with van der Waals surface area (Å²) in [4.78, 5) is 12.5. The first-order valence-corrected chi connectivity index (χ1v) is 7.80. The number of nitrogens with zero attached hydrogens (tertiary/aromatic N) is 2. The first-order valence-electron chi connectivity index (χ1n) is 7.80. The van der Waals surface area contributed by atoms with E-state index in [-0.39, 0.29) is 5.97 Å². The van der Waals surface area contributed by atoms with Crippen molar-refractivity contribution in [1.29, 1.82) is 0 Å². The zero-order valence-corrected chi connectivity index (χ0v) is 13.8. The summed E-state index contributed by atoms with van der Waals surface area (Å²) in [5, 5.41) is 8.06. The highest BCUT2D eigenvalue weighted by molar-refractivity contribution is 5.81. The molecule has 1 aromatic heterocycles. The topological polar surface area (TPSA) is 56.2 Å². The Morgan fingerprint density at radius 2 is 2.10 bits per heavy atom. The van der Waals surface area contributed by atoms with Gasteiger partial charge in [0.1, 0.15) is 5.54 Å². The van der Waals surface area contributed by atoms with Gasteiger partial charge in [-0.05, 0) is 58.1 Å². The summed E-state index contributed by atoms with van der Waals surface area (Å²) >= 11 is 0. The number of carbonyl (C=O) groups is 1. The molecule has 118 valence electrons. The van der Waals surface area contributed by atoms with E-state index in [1.807, 2.05) is 11.6 Å². The number of ether oxygens (including phenoxy) is 1. The van der Waals surface area contributed by atoms with Crippen molar-refractivity contribution in [2.45, 2.75) is 59.0 Å². The fraction of sp³-hybridized carbons (Fsp3) is 0.750. The van der Waals surface area contributed by atoms with Crippen molar-refractivity contribution < 1.29 is 9.53 Å². The maximum Gasteiger partial charge on any atom is 0.328 e. The Morgan fingerprint density at radius 3 is 2.52 bits per heavy atom. The fourth-order valence-electron chi connectivity index (χ4n) is 2.92. The number of carbonyl (C=O) groups excluding carboxylic acids is 1. The summed E-state index contributed by atoms with van der Waals surface area (Å²) in [6, 6.07) is 0. The molecule has 0 bridgehead atoms. The van der Waals surface area contributed by atoms with Gasteiger partial charge in [0.05, 0.1) is 19.3 Å². The molecule has 1 unspecified atom stereocenters. The Hall–Kier alpha value is -1.36. The molecule has 1 aromatic rings. The minimum absolute atomic E-state index is 0.163. The SMILES string of the molecule is CCCNC(Cn1nc(C)c(C)c1C)(C(=O)OC)C1CC1. The van der Waals surface area contributed by atoms with E-state index in [4.69, 9.17) is 4.74 Å². The van der Waals surface area contributed by atoms with Crippen molar-refractivity contribution in [2.24, 2.45) is 5.92 Å². The minimum Gasteiger partial charge on any atom is -0.468 e. The van der Waals surface area contributed by atoms with E-state index in [0.717, 1.165) is 37.2 Å². The van der Waals surface area contributed by atoms with Gasteiger partial charge in [0.2, 0.25) is 0 Å². The Labute approximate surface area is 127 Å². The number of nitrogens with one attached hydrogen (secondary N) is 1. The monoisotopic (exact) mass is 293 g/mol. The average Bonchev–Trinajstić information content (AvgIpc) is 3.29. The lowest BCUT2D eigenvalue weighted by Gasteiger charge is -2.32. The highest BCUT2D eigenvalue weighted by atomic mass is 16.5. The third kappa shape index (κ3) is 2.98. The molecule has 1 saturated carbocycles. The van der Waals surface area contributed by atoms with Crippen molar-refractivity contribution in [2.75, 3.05) is 13.7 Å². The molecule has 1 aliphatic carbocycles. The number of methoxy groups -OCH3 is 1. The summed E-state index contributed by atoms with van der Waals surface area (Å²) in [5.41, 5.74) is 2.71. The van der Waals surface area contributed by atoms with Gasteiger partial charge in [-0.2, -0.15) is 5.10 Å². The third-order valence-corrected chi connectivity index (χ3v) is 4.66. The summed E-state index contributed by atoms with van der Waals surface area (Å²) < 4.78 is 7.08. The van der Waals surface area contributed by atoms with Crippen molar-refractivity contribution in [3.8, 4) is 0 Å². The summed E-state index contributed by atoms with van der Waals surface area (Å²) in [6.07, 6.45) is 3.13. The van der Waals surface area contributed by atoms with Crippen molar-refractivity contribution in [3.05, 3.63) is 17.0 Å². The Bertz CT molecular complexity index is 520. The van der Waals surface area contributed by atoms with Crippen molar-refractivity contribution in [3.63, 3.8) is 0 Å². The smallest absolute Gasteiger partial charge is 0.328 e. The van der Waals surface area contributed by atoms with Crippen LogP contribution in [0.5, 0.6) is 0 Å². The average molecular weight is 293 g/mol. The predicted molar refractivity (Wildman–Crippen MR) is 82.2 cm³/mol. The molecule has 0 saturated heterocycles. The Morgan fingerprint density at radius 1 is 1.43 bits per heavy atom. The third-order valence-electron chi connectivity index (χ3n) is 4.66. The Balaban J connectivity index is 2.34. The van der Waals surface area contributed by atoms with Crippen LogP contribution in [0.1, 0.15) is 43.1 Å². The maximum absolute atomic E-state index is 12.5. The Kier molecular flexibility index (Phi) is 4.71. The number of rotatable bonds is 7. The quantitative estimate of drug-likeness (QED) is 0.783. The van der Waals surface area contributed by atoms with Crippen LogP contribution in [0.25, 0.3) is 0 Å². The van der Waals surface area contributed by atoms with Crippen LogP contribution in [0.4, 0.5) is 0 Å². The van der Waals surface area contributed by atoms with Gasteiger partial charge in [0, 0.05) is 5.69 Å². The van der Waals surface area contributed by atoms with Crippen molar-refractivity contribution in [1.82, 2.24) is 15.1 Å². The van der Waals surface area contributed by atoms with E-state index < -0.39 is 5.54 Å². The van der Waals surface area contributed by atoms with Crippen LogP contribution < -0.4 is 5.32 Å². The number of hydrogen-bond donors (Lipinski definition) is 1. The molecule has 5 heteroatoms. The normalized spacial score (nSPS) is 17.6. The van der Waals surface area contributed by atoms with Crippen LogP contribution in [0.2, 0.25) is 0 Å². The largest absolute Gasteiger partial charge is 0.468 e. The fourth-order valence-corrected chi connectivity index (χ4v) is 2.92. The molecule has 0 aliphatic heterocycles. The van der Waals surface area contributed by atoms with Gasteiger partial charge in [-0.3, -0.25) is 4.68 Å². The lowest BCUT2D eigenvalue weighted by molar-refractivity contribution is -0.150. The first kappa shape index (κ1) is 16.0. The van der Waals surface area contributed by atoms with E-state index in [0.29, 0.717) is 12.5 Å². The molecule has 1 heterocycles. The van der Waals surface area contributed by atoms with Gasteiger partial charge in [0.25, 0.3) is 0 Å². The molecule has 0 aromatic carbocycles. The van der Waals surface area contributed by atoms with Crippen LogP contribution in [0.15, 0.2) is 0 Å². The van der Waals surface area contributed by atoms with Crippen LogP contribution in [-0.4, -0.2) is 34.9 Å². The summed E-state index contributed by atoms with van der Waals surface area (Å²) in [6.45, 7) is 9.61. The molecule has 1 atom stereocenters. The maximum atomic E-state index is 12.5. The molecule has 0 spiro atoms. The summed E-state index contributed by atoms with van der Waals surface area (Å²) in [7, 11) is 1.47. The molecule has 5 nitrogen and oxygen atoms in total. The van der Waals surface area contributed by atoms with Gasteiger partial charge >= 0.3 is 5.97 Å². The lowest BCUT2D eigenvalue weighted by atomic mass is 9.92. The number of aryl methyl sites for hydroxylation is 1. The van der Waals surface area contributed by atoms with E-state index in [1.165, 1.54) is 12.7 Å². The molecule has 2 rings (SSSR count). The highest BCUT2D eigenvalue weighted by Crippen LogP contribution is 2.41. The molecule has 1 fully saturated rings. The van der Waals surface area contributed by atoms with E-state index in [1.54, 1.807) is 0 Å². The van der Waals surface area contributed by atoms with Gasteiger partial charge in [0.15, 0.2) is 0 Å². The van der Waals surface area contributed by atoms with Crippen LogP contribution in [-0.2, 0) is 16.1 Å². The van der Waals surface area contributed by atoms with Gasteiger partial charge in [-0.1, -0.05) is 6.92 Å². The molecule has 0 amide bonds. The molecular weight excluding hydrogens is 266 g/mol. The standard InChI is InChI=1S/C16H27N3O2/c1-6-9-17-16(14-7-8-14,15(20)21-5)10-19-13(4)11(2)12(3)18-19/h14,17H,6-10H2,1-5H3. The molecular formula is C16H27N3O2.